The maximum atomic E-state index is 11.5. The number of aliphatic carboxylic acids is 1. The standard InChI is InChI=1S/C15H17NO2/c1-11-8-9-12(2)16(11)14(15(17)18)10-13-6-4-3-5-7-13/h3-9,14H,10H2,1-2H3,(H,17,18)/t14-/m1/s1. The van der Waals surface area contributed by atoms with E-state index in [1.54, 1.807) is 0 Å². The second kappa shape index (κ2) is 5.08. The van der Waals surface area contributed by atoms with Gasteiger partial charge >= 0.3 is 5.97 Å². The van der Waals surface area contributed by atoms with Gasteiger partial charge in [-0.2, -0.15) is 0 Å². The van der Waals surface area contributed by atoms with E-state index in [9.17, 15) is 9.90 Å². The monoisotopic (exact) mass is 243 g/mol. The smallest absolute Gasteiger partial charge is 0.327 e. The molecule has 1 aromatic carbocycles. The lowest BCUT2D eigenvalue weighted by Crippen LogP contribution is -2.23. The van der Waals surface area contributed by atoms with E-state index in [-0.39, 0.29) is 0 Å². The number of aromatic nitrogens is 1. The van der Waals surface area contributed by atoms with Gasteiger partial charge in [-0.1, -0.05) is 30.3 Å². The minimum atomic E-state index is -0.791. The summed E-state index contributed by atoms with van der Waals surface area (Å²) in [6.07, 6.45) is 0.506. The third kappa shape index (κ3) is 2.45. The van der Waals surface area contributed by atoms with E-state index in [0.717, 1.165) is 17.0 Å². The number of carboxylic acid groups (broad SMARTS) is 1. The molecule has 1 heterocycles. The van der Waals surface area contributed by atoms with Gasteiger partial charge < -0.3 is 9.67 Å². The first-order chi connectivity index (χ1) is 8.59. The molecule has 0 saturated heterocycles. The summed E-state index contributed by atoms with van der Waals surface area (Å²) >= 11 is 0. The second-order valence-corrected chi connectivity index (χ2v) is 4.53. The number of rotatable bonds is 4. The van der Waals surface area contributed by atoms with Gasteiger partial charge in [0.2, 0.25) is 0 Å². The zero-order valence-corrected chi connectivity index (χ0v) is 10.6. The summed E-state index contributed by atoms with van der Waals surface area (Å²) in [5.74, 6) is -0.791. The molecule has 0 bridgehead atoms. The molecular weight excluding hydrogens is 226 g/mol. The summed E-state index contributed by atoms with van der Waals surface area (Å²) in [4.78, 5) is 11.5. The molecule has 2 rings (SSSR count). The van der Waals surface area contributed by atoms with Crippen LogP contribution in [0.5, 0.6) is 0 Å². The predicted octanol–water partition coefficient (Wildman–Crippen LogP) is 2.97. The van der Waals surface area contributed by atoms with E-state index in [0.29, 0.717) is 6.42 Å². The molecule has 1 atom stereocenters. The Hall–Kier alpha value is -2.03. The summed E-state index contributed by atoms with van der Waals surface area (Å²) in [5, 5.41) is 9.43. The molecule has 94 valence electrons. The number of nitrogens with zero attached hydrogens (tertiary/aromatic N) is 1. The molecule has 0 fully saturated rings. The Morgan fingerprint density at radius 2 is 1.67 bits per heavy atom. The van der Waals surface area contributed by atoms with E-state index in [1.165, 1.54) is 0 Å². The largest absolute Gasteiger partial charge is 0.480 e. The fourth-order valence-electron chi connectivity index (χ4n) is 2.30. The maximum absolute atomic E-state index is 11.5. The molecule has 0 amide bonds. The average molecular weight is 243 g/mol. The fraction of sp³-hybridized carbons (Fsp3) is 0.267. The molecule has 2 aromatic rings. The molecule has 18 heavy (non-hydrogen) atoms. The van der Waals surface area contributed by atoms with E-state index < -0.39 is 12.0 Å². The molecular formula is C15H17NO2. The van der Waals surface area contributed by atoms with Crippen molar-refractivity contribution in [2.24, 2.45) is 0 Å². The Labute approximate surface area is 107 Å². The van der Waals surface area contributed by atoms with E-state index in [4.69, 9.17) is 0 Å². The first-order valence-corrected chi connectivity index (χ1v) is 6.00. The molecule has 3 heteroatoms. The number of hydrogen-bond donors (Lipinski definition) is 1. The van der Waals surface area contributed by atoms with Gasteiger partial charge in [-0.05, 0) is 31.5 Å². The van der Waals surface area contributed by atoms with Crippen molar-refractivity contribution in [2.45, 2.75) is 26.3 Å². The van der Waals surface area contributed by atoms with Crippen LogP contribution in [0, 0.1) is 13.8 Å². The minimum Gasteiger partial charge on any atom is -0.480 e. The van der Waals surface area contributed by atoms with Crippen molar-refractivity contribution in [3.63, 3.8) is 0 Å². The van der Waals surface area contributed by atoms with E-state index in [1.807, 2.05) is 60.9 Å². The number of hydrogen-bond acceptors (Lipinski definition) is 1. The first-order valence-electron chi connectivity index (χ1n) is 6.00. The van der Waals surface area contributed by atoms with Crippen LogP contribution in [0.1, 0.15) is 23.0 Å². The van der Waals surface area contributed by atoms with Crippen LogP contribution in [0.4, 0.5) is 0 Å². The topological polar surface area (TPSA) is 42.2 Å². The van der Waals surface area contributed by atoms with Gasteiger partial charge in [0, 0.05) is 17.8 Å². The predicted molar refractivity (Wildman–Crippen MR) is 70.7 cm³/mol. The van der Waals surface area contributed by atoms with Crippen molar-refractivity contribution in [3.8, 4) is 0 Å². The number of carbonyl (C=O) groups is 1. The highest BCUT2D eigenvalue weighted by atomic mass is 16.4. The maximum Gasteiger partial charge on any atom is 0.327 e. The van der Waals surface area contributed by atoms with Crippen molar-refractivity contribution in [1.29, 1.82) is 0 Å². The van der Waals surface area contributed by atoms with Crippen molar-refractivity contribution in [3.05, 3.63) is 59.4 Å². The summed E-state index contributed by atoms with van der Waals surface area (Å²) in [5.41, 5.74) is 3.00. The number of carboxylic acids is 1. The lowest BCUT2D eigenvalue weighted by Gasteiger charge is -2.18. The van der Waals surface area contributed by atoms with Gasteiger partial charge in [-0.25, -0.2) is 4.79 Å². The molecule has 0 radical (unpaired) electrons. The van der Waals surface area contributed by atoms with Crippen molar-refractivity contribution >= 4 is 5.97 Å². The first kappa shape index (κ1) is 12.4. The molecule has 0 aliphatic rings. The molecule has 1 aromatic heterocycles. The van der Waals surface area contributed by atoms with Gasteiger partial charge in [0.25, 0.3) is 0 Å². The minimum absolute atomic E-state index is 0.506. The quantitative estimate of drug-likeness (QED) is 0.897. The van der Waals surface area contributed by atoms with E-state index >= 15 is 0 Å². The molecule has 1 N–H and O–H groups in total. The zero-order valence-electron chi connectivity index (χ0n) is 10.6. The van der Waals surface area contributed by atoms with Gasteiger partial charge in [0.05, 0.1) is 0 Å². The van der Waals surface area contributed by atoms with Gasteiger partial charge in [0.15, 0.2) is 0 Å². The van der Waals surface area contributed by atoms with Gasteiger partial charge in [-0.3, -0.25) is 0 Å². The van der Waals surface area contributed by atoms with Crippen molar-refractivity contribution in [1.82, 2.24) is 4.57 Å². The Morgan fingerprint density at radius 1 is 1.11 bits per heavy atom. The van der Waals surface area contributed by atoms with Gasteiger partial charge in [0.1, 0.15) is 6.04 Å². The summed E-state index contributed by atoms with van der Waals surface area (Å²) in [6, 6.07) is 13.1. The normalized spacial score (nSPS) is 12.3. The molecule has 0 saturated carbocycles. The third-order valence-electron chi connectivity index (χ3n) is 3.19. The van der Waals surface area contributed by atoms with Crippen LogP contribution in [0.15, 0.2) is 42.5 Å². The van der Waals surface area contributed by atoms with Crippen LogP contribution < -0.4 is 0 Å². The van der Waals surface area contributed by atoms with Crippen molar-refractivity contribution in [2.75, 3.05) is 0 Å². The van der Waals surface area contributed by atoms with Gasteiger partial charge in [-0.15, -0.1) is 0 Å². The number of benzene rings is 1. The van der Waals surface area contributed by atoms with Crippen LogP contribution in [0.3, 0.4) is 0 Å². The molecule has 3 nitrogen and oxygen atoms in total. The summed E-state index contributed by atoms with van der Waals surface area (Å²) in [6.45, 7) is 3.88. The lowest BCUT2D eigenvalue weighted by atomic mass is 10.1. The molecule has 0 aliphatic heterocycles. The third-order valence-corrected chi connectivity index (χ3v) is 3.19. The SMILES string of the molecule is Cc1ccc(C)n1[C@H](Cc1ccccc1)C(=O)O. The molecule has 0 aliphatic carbocycles. The Balaban J connectivity index is 2.33. The van der Waals surface area contributed by atoms with Crippen LogP contribution in [0.25, 0.3) is 0 Å². The van der Waals surface area contributed by atoms with Crippen LogP contribution in [-0.4, -0.2) is 15.6 Å². The highest BCUT2D eigenvalue weighted by Crippen LogP contribution is 2.20. The number of aryl methyl sites for hydroxylation is 2. The highest BCUT2D eigenvalue weighted by molar-refractivity contribution is 5.72. The average Bonchev–Trinajstić information content (AvgIpc) is 2.67. The molecule has 0 unspecified atom stereocenters. The summed E-state index contributed by atoms with van der Waals surface area (Å²) < 4.78 is 1.88. The van der Waals surface area contributed by atoms with Crippen LogP contribution in [-0.2, 0) is 11.2 Å². The lowest BCUT2D eigenvalue weighted by molar-refractivity contribution is -0.141. The Bertz CT molecular complexity index is 523. The molecule has 0 spiro atoms. The van der Waals surface area contributed by atoms with E-state index in [2.05, 4.69) is 0 Å². The summed E-state index contributed by atoms with van der Waals surface area (Å²) in [7, 11) is 0. The second-order valence-electron chi connectivity index (χ2n) is 4.53. The van der Waals surface area contributed by atoms with Crippen molar-refractivity contribution < 1.29 is 9.90 Å². The fourth-order valence-corrected chi connectivity index (χ4v) is 2.30. The zero-order chi connectivity index (χ0) is 13.1. The van der Waals surface area contributed by atoms with Crippen LogP contribution in [0.2, 0.25) is 0 Å². The highest BCUT2D eigenvalue weighted by Gasteiger charge is 2.22. The Morgan fingerprint density at radius 3 is 2.17 bits per heavy atom. The van der Waals surface area contributed by atoms with Crippen LogP contribution >= 0.6 is 0 Å². The Kier molecular flexibility index (Phi) is 3.51.